The summed E-state index contributed by atoms with van der Waals surface area (Å²) in [7, 11) is 0. The molecule has 2 rings (SSSR count). The van der Waals surface area contributed by atoms with Gasteiger partial charge in [0.2, 0.25) is 0 Å². The van der Waals surface area contributed by atoms with Crippen molar-refractivity contribution in [3.8, 4) is 5.75 Å². The van der Waals surface area contributed by atoms with Crippen LogP contribution < -0.4 is 5.43 Å². The molecule has 0 aliphatic carbocycles. The van der Waals surface area contributed by atoms with Gasteiger partial charge >= 0.3 is 0 Å². The van der Waals surface area contributed by atoms with Gasteiger partial charge in [0.1, 0.15) is 0 Å². The Bertz CT molecular complexity index is 758. The molecular weight excluding hydrogens is 280 g/mol. The highest BCUT2D eigenvalue weighted by molar-refractivity contribution is 5.92. The lowest BCUT2D eigenvalue weighted by molar-refractivity contribution is 0.100. The van der Waals surface area contributed by atoms with Crippen molar-refractivity contribution in [3.63, 3.8) is 0 Å². The summed E-state index contributed by atoms with van der Waals surface area (Å²) in [4.78, 5) is 23.1. The number of benzene rings is 1. The zero-order valence-electron chi connectivity index (χ0n) is 13.3. The van der Waals surface area contributed by atoms with Crippen LogP contribution in [-0.2, 0) is 12.0 Å². The minimum atomic E-state index is -0.725. The van der Waals surface area contributed by atoms with Gasteiger partial charge in [0.05, 0.1) is 12.7 Å². The lowest BCUT2D eigenvalue weighted by Crippen LogP contribution is -2.28. The Morgan fingerprint density at radius 2 is 1.86 bits per heavy atom. The van der Waals surface area contributed by atoms with Crippen LogP contribution >= 0.6 is 0 Å². The minimum absolute atomic E-state index is 0.236. The second-order valence-electron chi connectivity index (χ2n) is 6.20. The van der Waals surface area contributed by atoms with Crippen molar-refractivity contribution in [3.05, 3.63) is 57.5 Å². The van der Waals surface area contributed by atoms with Crippen LogP contribution in [0.25, 0.3) is 0 Å². The van der Waals surface area contributed by atoms with Crippen LogP contribution in [0.4, 0.5) is 0 Å². The van der Waals surface area contributed by atoms with Gasteiger partial charge in [0.25, 0.3) is 5.43 Å². The Kier molecular flexibility index (Phi) is 4.17. The smallest absolute Gasteiger partial charge is 0.252 e. The highest BCUT2D eigenvalue weighted by Crippen LogP contribution is 2.25. The van der Waals surface area contributed by atoms with Crippen LogP contribution in [0, 0.1) is 6.92 Å². The predicted molar refractivity (Wildman–Crippen MR) is 84.4 cm³/mol. The number of Topliss-reactive ketones (excluding diaryl/α,β-unsaturated/α-hetero) is 1. The molecule has 0 amide bonds. The predicted octanol–water partition coefficient (Wildman–Crippen LogP) is 2.44. The van der Waals surface area contributed by atoms with Crippen molar-refractivity contribution >= 4 is 5.78 Å². The third kappa shape index (κ3) is 3.24. The average Bonchev–Trinajstić information content (AvgIpc) is 2.42. The third-order valence-corrected chi connectivity index (χ3v) is 3.67. The molecule has 0 saturated carbocycles. The first-order valence-electron chi connectivity index (χ1n) is 7.09. The SMILES string of the molecule is CC(=O)c1nn(CC(C)(C)c2ccc(C)cc2)cc(O)c1=O. The molecule has 2 aromatic rings. The van der Waals surface area contributed by atoms with E-state index in [-0.39, 0.29) is 11.1 Å². The summed E-state index contributed by atoms with van der Waals surface area (Å²) in [5, 5.41) is 13.8. The summed E-state index contributed by atoms with van der Waals surface area (Å²) in [6, 6.07) is 8.16. The van der Waals surface area contributed by atoms with Crippen molar-refractivity contribution < 1.29 is 9.90 Å². The Hall–Kier alpha value is -2.43. The van der Waals surface area contributed by atoms with Gasteiger partial charge in [-0.05, 0) is 12.5 Å². The quantitative estimate of drug-likeness (QED) is 0.880. The van der Waals surface area contributed by atoms with Crippen molar-refractivity contribution in [1.29, 1.82) is 0 Å². The van der Waals surface area contributed by atoms with Crippen LogP contribution in [0.5, 0.6) is 5.75 Å². The summed E-state index contributed by atoms with van der Waals surface area (Å²) in [6.07, 6.45) is 1.27. The molecule has 0 radical (unpaired) electrons. The van der Waals surface area contributed by atoms with Gasteiger partial charge in [-0.25, -0.2) is 0 Å². The van der Waals surface area contributed by atoms with Crippen LogP contribution in [0.1, 0.15) is 42.4 Å². The molecule has 1 N–H and O–H groups in total. The summed E-state index contributed by atoms with van der Waals surface area (Å²) in [6.45, 7) is 7.81. The monoisotopic (exact) mass is 300 g/mol. The number of carbonyl (C=O) groups is 1. The third-order valence-electron chi connectivity index (χ3n) is 3.67. The van der Waals surface area contributed by atoms with E-state index < -0.39 is 17.0 Å². The molecule has 1 aromatic carbocycles. The molecule has 0 bridgehead atoms. The average molecular weight is 300 g/mol. The summed E-state index contributed by atoms with van der Waals surface area (Å²) in [5.41, 5.74) is 1.06. The molecule has 0 saturated heterocycles. The first-order valence-corrected chi connectivity index (χ1v) is 7.09. The van der Waals surface area contributed by atoms with Gasteiger partial charge in [-0.2, -0.15) is 5.10 Å². The van der Waals surface area contributed by atoms with Crippen LogP contribution in [0.2, 0.25) is 0 Å². The van der Waals surface area contributed by atoms with Gasteiger partial charge in [0, 0.05) is 12.3 Å². The summed E-state index contributed by atoms with van der Waals surface area (Å²) < 4.78 is 1.45. The number of rotatable bonds is 4. The Balaban J connectivity index is 2.39. The molecule has 1 aromatic heterocycles. The molecule has 5 nitrogen and oxygen atoms in total. The maximum absolute atomic E-state index is 11.7. The van der Waals surface area contributed by atoms with Crippen molar-refractivity contribution in [2.45, 2.75) is 39.7 Å². The number of aryl methyl sites for hydroxylation is 1. The zero-order valence-corrected chi connectivity index (χ0v) is 13.3. The van der Waals surface area contributed by atoms with E-state index >= 15 is 0 Å². The highest BCUT2D eigenvalue weighted by atomic mass is 16.3. The highest BCUT2D eigenvalue weighted by Gasteiger charge is 2.23. The molecule has 0 spiro atoms. The van der Waals surface area contributed by atoms with Crippen LogP contribution in [0.3, 0.4) is 0 Å². The number of ketones is 1. The zero-order chi connectivity index (χ0) is 16.5. The topological polar surface area (TPSA) is 72.2 Å². The maximum Gasteiger partial charge on any atom is 0.252 e. The molecule has 116 valence electrons. The second kappa shape index (κ2) is 5.75. The van der Waals surface area contributed by atoms with Crippen molar-refractivity contribution in [1.82, 2.24) is 9.78 Å². The number of hydrogen-bond donors (Lipinski definition) is 1. The molecular formula is C17H20N2O3. The van der Waals surface area contributed by atoms with E-state index in [1.54, 1.807) is 0 Å². The van der Waals surface area contributed by atoms with Gasteiger partial charge in [0.15, 0.2) is 17.2 Å². The first-order chi connectivity index (χ1) is 10.2. The molecule has 0 aliphatic rings. The number of aromatic hydroxyl groups is 1. The van der Waals surface area contributed by atoms with Gasteiger partial charge < -0.3 is 5.11 Å². The van der Waals surface area contributed by atoms with Gasteiger partial charge in [-0.1, -0.05) is 43.7 Å². The molecule has 1 heterocycles. The molecule has 0 aliphatic heterocycles. The van der Waals surface area contributed by atoms with Gasteiger partial charge in [-0.3, -0.25) is 14.3 Å². The number of carbonyl (C=O) groups excluding carboxylic acids is 1. The van der Waals surface area contributed by atoms with Crippen LogP contribution in [0.15, 0.2) is 35.3 Å². The fourth-order valence-corrected chi connectivity index (χ4v) is 2.34. The largest absolute Gasteiger partial charge is 0.503 e. The summed E-state index contributed by atoms with van der Waals surface area (Å²) in [5.74, 6) is -0.914. The van der Waals surface area contributed by atoms with E-state index in [2.05, 4.69) is 5.10 Å². The fraction of sp³-hybridized carbons (Fsp3) is 0.353. The van der Waals surface area contributed by atoms with Crippen molar-refractivity contribution in [2.75, 3.05) is 0 Å². The standard InChI is InChI=1S/C17H20N2O3/c1-11-5-7-13(8-6-11)17(3,4)10-19-9-14(21)16(22)15(18-19)12(2)20/h5-9,21H,10H2,1-4H3. The van der Waals surface area contributed by atoms with E-state index in [0.717, 1.165) is 5.56 Å². The lowest BCUT2D eigenvalue weighted by Gasteiger charge is -2.26. The summed E-state index contributed by atoms with van der Waals surface area (Å²) >= 11 is 0. The molecule has 0 atom stereocenters. The fourth-order valence-electron chi connectivity index (χ4n) is 2.34. The molecule has 5 heteroatoms. The van der Waals surface area contributed by atoms with E-state index in [1.807, 2.05) is 45.0 Å². The van der Waals surface area contributed by atoms with Gasteiger partial charge in [-0.15, -0.1) is 0 Å². The lowest BCUT2D eigenvalue weighted by atomic mass is 9.84. The van der Waals surface area contributed by atoms with Crippen LogP contribution in [-0.4, -0.2) is 20.7 Å². The van der Waals surface area contributed by atoms with E-state index in [1.165, 1.54) is 23.4 Å². The number of nitrogens with zero attached hydrogens (tertiary/aromatic N) is 2. The number of aromatic nitrogens is 2. The molecule has 0 fully saturated rings. The van der Waals surface area contributed by atoms with E-state index in [0.29, 0.717) is 6.54 Å². The normalized spacial score (nSPS) is 11.5. The Labute approximate surface area is 129 Å². The molecule has 0 unspecified atom stereocenters. The van der Waals surface area contributed by atoms with E-state index in [9.17, 15) is 14.7 Å². The second-order valence-corrected chi connectivity index (χ2v) is 6.20. The van der Waals surface area contributed by atoms with E-state index in [4.69, 9.17) is 0 Å². The Morgan fingerprint density at radius 3 is 2.41 bits per heavy atom. The number of hydrogen-bond acceptors (Lipinski definition) is 4. The molecule has 22 heavy (non-hydrogen) atoms. The van der Waals surface area contributed by atoms with Crippen molar-refractivity contribution in [2.24, 2.45) is 0 Å². The first kappa shape index (κ1) is 15.9. The minimum Gasteiger partial charge on any atom is -0.503 e. The maximum atomic E-state index is 11.7. The Morgan fingerprint density at radius 1 is 1.27 bits per heavy atom.